The third kappa shape index (κ3) is 1.92. The second-order valence-corrected chi connectivity index (χ2v) is 4.38. The van der Waals surface area contributed by atoms with Gasteiger partial charge in [0.1, 0.15) is 0 Å². The summed E-state index contributed by atoms with van der Waals surface area (Å²) in [5.41, 5.74) is 7.85. The zero-order valence-electron chi connectivity index (χ0n) is 9.06. The van der Waals surface area contributed by atoms with E-state index < -0.39 is 0 Å². The van der Waals surface area contributed by atoms with Gasteiger partial charge in [-0.15, -0.1) is 0 Å². The molecule has 0 spiro atoms. The van der Waals surface area contributed by atoms with E-state index in [1.54, 1.807) is 0 Å². The quantitative estimate of drug-likeness (QED) is 0.718. The minimum absolute atomic E-state index is 0.268. The van der Waals surface area contributed by atoms with Gasteiger partial charge in [-0.3, -0.25) is 0 Å². The van der Waals surface area contributed by atoms with E-state index in [1.807, 2.05) is 24.3 Å². The third-order valence-electron chi connectivity index (χ3n) is 3.28. The van der Waals surface area contributed by atoms with Crippen molar-refractivity contribution in [1.29, 1.82) is 0 Å². The van der Waals surface area contributed by atoms with Crippen molar-refractivity contribution < 1.29 is 5.11 Å². The van der Waals surface area contributed by atoms with Gasteiger partial charge in [0.25, 0.3) is 0 Å². The van der Waals surface area contributed by atoms with Crippen molar-refractivity contribution >= 4 is 11.4 Å². The van der Waals surface area contributed by atoms with Crippen LogP contribution in [0.25, 0.3) is 0 Å². The van der Waals surface area contributed by atoms with Gasteiger partial charge in [-0.2, -0.15) is 0 Å². The van der Waals surface area contributed by atoms with Crippen molar-refractivity contribution in [2.24, 2.45) is 11.8 Å². The average molecular weight is 206 g/mol. The average Bonchev–Trinajstić information content (AvgIpc) is 2.60. The molecule has 0 radical (unpaired) electrons. The van der Waals surface area contributed by atoms with Crippen LogP contribution in [0.3, 0.4) is 0 Å². The first-order valence-electron chi connectivity index (χ1n) is 5.42. The molecular weight excluding hydrogens is 188 g/mol. The monoisotopic (exact) mass is 206 g/mol. The number of hydrogen-bond acceptors (Lipinski definition) is 3. The van der Waals surface area contributed by atoms with Gasteiger partial charge in [0.15, 0.2) is 0 Å². The van der Waals surface area contributed by atoms with Crippen LogP contribution in [-0.4, -0.2) is 24.8 Å². The molecule has 2 atom stereocenters. The molecule has 2 unspecified atom stereocenters. The molecule has 3 N–H and O–H groups in total. The van der Waals surface area contributed by atoms with Crippen LogP contribution in [0, 0.1) is 11.8 Å². The smallest absolute Gasteiger partial charge is 0.0600 e. The zero-order chi connectivity index (χ0) is 10.8. The van der Waals surface area contributed by atoms with Crippen molar-refractivity contribution in [2.45, 2.75) is 6.92 Å². The second-order valence-electron chi connectivity index (χ2n) is 4.38. The Balaban J connectivity index is 2.17. The standard InChI is InChI=1S/C12H18N2O/c1-9-6-14(7-10(9)8-15)12-5-3-2-4-11(12)13/h2-5,9-10,15H,6-8,13H2,1H3. The van der Waals surface area contributed by atoms with E-state index in [0.717, 1.165) is 24.5 Å². The van der Waals surface area contributed by atoms with Gasteiger partial charge in [0.05, 0.1) is 11.4 Å². The maximum atomic E-state index is 9.21. The molecule has 0 aliphatic carbocycles. The van der Waals surface area contributed by atoms with E-state index in [0.29, 0.717) is 11.8 Å². The Morgan fingerprint density at radius 2 is 2.13 bits per heavy atom. The molecule has 2 rings (SSSR count). The predicted octanol–water partition coefficient (Wildman–Crippen LogP) is 1.33. The Labute approximate surface area is 90.5 Å². The van der Waals surface area contributed by atoms with Crippen molar-refractivity contribution in [3.63, 3.8) is 0 Å². The summed E-state index contributed by atoms with van der Waals surface area (Å²) in [6.45, 7) is 4.34. The summed E-state index contributed by atoms with van der Waals surface area (Å²) in [5.74, 6) is 0.916. The highest BCUT2D eigenvalue weighted by atomic mass is 16.3. The van der Waals surface area contributed by atoms with Gasteiger partial charge < -0.3 is 15.7 Å². The summed E-state index contributed by atoms with van der Waals surface area (Å²) in [6.07, 6.45) is 0. The van der Waals surface area contributed by atoms with Gasteiger partial charge in [-0.1, -0.05) is 19.1 Å². The molecule has 1 aromatic carbocycles. The number of nitrogens with zero attached hydrogens (tertiary/aromatic N) is 1. The molecular formula is C12H18N2O. The molecule has 0 aromatic heterocycles. The van der Waals surface area contributed by atoms with Crippen LogP contribution in [-0.2, 0) is 0 Å². The summed E-state index contributed by atoms with van der Waals surface area (Å²) < 4.78 is 0. The number of para-hydroxylation sites is 2. The van der Waals surface area contributed by atoms with Crippen LogP contribution in [0.15, 0.2) is 24.3 Å². The van der Waals surface area contributed by atoms with Crippen LogP contribution in [0.5, 0.6) is 0 Å². The summed E-state index contributed by atoms with van der Waals surface area (Å²) in [5, 5.41) is 9.21. The van der Waals surface area contributed by atoms with Crippen molar-refractivity contribution in [3.8, 4) is 0 Å². The Morgan fingerprint density at radius 3 is 2.73 bits per heavy atom. The van der Waals surface area contributed by atoms with Crippen LogP contribution in [0.2, 0.25) is 0 Å². The van der Waals surface area contributed by atoms with E-state index in [2.05, 4.69) is 11.8 Å². The van der Waals surface area contributed by atoms with E-state index in [9.17, 15) is 5.11 Å². The van der Waals surface area contributed by atoms with Crippen molar-refractivity contribution in [3.05, 3.63) is 24.3 Å². The van der Waals surface area contributed by atoms with Gasteiger partial charge in [-0.05, 0) is 18.1 Å². The Kier molecular flexibility index (Phi) is 2.82. The number of anilines is 2. The topological polar surface area (TPSA) is 49.5 Å². The lowest BCUT2D eigenvalue weighted by molar-refractivity contribution is 0.212. The summed E-state index contributed by atoms with van der Waals surface area (Å²) in [7, 11) is 0. The molecule has 0 bridgehead atoms. The molecule has 1 saturated heterocycles. The zero-order valence-corrected chi connectivity index (χ0v) is 9.06. The number of hydrogen-bond donors (Lipinski definition) is 2. The van der Waals surface area contributed by atoms with Crippen LogP contribution in [0.1, 0.15) is 6.92 Å². The van der Waals surface area contributed by atoms with E-state index in [1.165, 1.54) is 0 Å². The number of rotatable bonds is 2. The predicted molar refractivity (Wildman–Crippen MR) is 62.8 cm³/mol. The number of nitrogens with two attached hydrogens (primary N) is 1. The van der Waals surface area contributed by atoms with Gasteiger partial charge in [0, 0.05) is 25.6 Å². The Morgan fingerprint density at radius 1 is 1.40 bits per heavy atom. The third-order valence-corrected chi connectivity index (χ3v) is 3.28. The number of nitrogen functional groups attached to an aromatic ring is 1. The van der Waals surface area contributed by atoms with Crippen molar-refractivity contribution in [2.75, 3.05) is 30.3 Å². The molecule has 1 heterocycles. The molecule has 1 fully saturated rings. The first-order valence-corrected chi connectivity index (χ1v) is 5.42. The summed E-state index contributed by atoms with van der Waals surface area (Å²) >= 11 is 0. The Bertz CT molecular complexity index is 340. The van der Waals surface area contributed by atoms with Gasteiger partial charge in [-0.25, -0.2) is 0 Å². The van der Waals surface area contributed by atoms with E-state index in [-0.39, 0.29) is 6.61 Å². The SMILES string of the molecule is CC1CN(c2ccccc2N)CC1CO. The Hall–Kier alpha value is -1.22. The van der Waals surface area contributed by atoms with Crippen LogP contribution < -0.4 is 10.6 Å². The molecule has 0 saturated carbocycles. The fraction of sp³-hybridized carbons (Fsp3) is 0.500. The lowest BCUT2D eigenvalue weighted by atomic mass is 10.00. The highest BCUT2D eigenvalue weighted by molar-refractivity contribution is 5.67. The first-order chi connectivity index (χ1) is 7.22. The van der Waals surface area contributed by atoms with Gasteiger partial charge in [0.2, 0.25) is 0 Å². The highest BCUT2D eigenvalue weighted by Crippen LogP contribution is 2.31. The maximum Gasteiger partial charge on any atom is 0.0600 e. The van der Waals surface area contributed by atoms with Crippen LogP contribution >= 0.6 is 0 Å². The molecule has 82 valence electrons. The number of aliphatic hydroxyl groups is 1. The second kappa shape index (κ2) is 4.11. The minimum Gasteiger partial charge on any atom is -0.397 e. The maximum absolute atomic E-state index is 9.21. The molecule has 3 heteroatoms. The largest absolute Gasteiger partial charge is 0.397 e. The molecule has 1 aliphatic rings. The lowest BCUT2D eigenvalue weighted by Gasteiger charge is -2.20. The van der Waals surface area contributed by atoms with Crippen LogP contribution in [0.4, 0.5) is 11.4 Å². The molecule has 1 aliphatic heterocycles. The van der Waals surface area contributed by atoms with E-state index in [4.69, 9.17) is 5.73 Å². The first kappa shape index (κ1) is 10.3. The number of aliphatic hydroxyl groups excluding tert-OH is 1. The fourth-order valence-electron chi connectivity index (χ4n) is 2.24. The highest BCUT2D eigenvalue weighted by Gasteiger charge is 2.29. The molecule has 1 aromatic rings. The molecule has 3 nitrogen and oxygen atoms in total. The molecule has 15 heavy (non-hydrogen) atoms. The van der Waals surface area contributed by atoms with Gasteiger partial charge >= 0.3 is 0 Å². The fourth-order valence-corrected chi connectivity index (χ4v) is 2.24. The molecule has 0 amide bonds. The summed E-state index contributed by atoms with van der Waals surface area (Å²) in [4.78, 5) is 2.26. The van der Waals surface area contributed by atoms with Crippen molar-refractivity contribution in [1.82, 2.24) is 0 Å². The summed E-state index contributed by atoms with van der Waals surface area (Å²) in [6, 6.07) is 7.92. The lowest BCUT2D eigenvalue weighted by Crippen LogP contribution is -2.21. The number of benzene rings is 1. The van der Waals surface area contributed by atoms with E-state index >= 15 is 0 Å². The minimum atomic E-state index is 0.268. The normalized spacial score (nSPS) is 25.9.